The van der Waals surface area contributed by atoms with E-state index in [1.54, 1.807) is 0 Å². The molecule has 0 saturated carbocycles. The van der Waals surface area contributed by atoms with Crippen LogP contribution in [-0.4, -0.2) is 19.3 Å². The van der Waals surface area contributed by atoms with Gasteiger partial charge in [0.15, 0.2) is 0 Å². The van der Waals surface area contributed by atoms with Crippen molar-refractivity contribution in [3.8, 4) is 5.75 Å². The van der Waals surface area contributed by atoms with Crippen LogP contribution in [0.4, 0.5) is 0 Å². The van der Waals surface area contributed by atoms with Crippen LogP contribution in [0.15, 0.2) is 24.3 Å². The van der Waals surface area contributed by atoms with Crippen molar-refractivity contribution in [2.75, 3.05) is 13.2 Å². The molecule has 1 fully saturated rings. The molecule has 0 spiro atoms. The number of hydrogen-bond acceptors (Lipinski definition) is 2. The Kier molecular flexibility index (Phi) is 24.4. The van der Waals surface area contributed by atoms with Gasteiger partial charge >= 0.3 is 0 Å². The molecule has 120 valence electrons. The Balaban J connectivity index is -0.000000314. The molecule has 0 aromatic heterocycles. The summed E-state index contributed by atoms with van der Waals surface area (Å²) in [5.74, 6) is 0.966. The Morgan fingerprint density at radius 1 is 0.950 bits per heavy atom. The van der Waals surface area contributed by atoms with Crippen LogP contribution in [0.5, 0.6) is 5.75 Å². The molecule has 2 rings (SSSR count). The Labute approximate surface area is 127 Å². The largest absolute Gasteiger partial charge is 0.491 e. The van der Waals surface area contributed by atoms with Gasteiger partial charge in [-0.2, -0.15) is 0 Å². The van der Waals surface area contributed by atoms with Crippen LogP contribution < -0.4 is 4.74 Å². The average molecular weight is 284 g/mol. The number of para-hydroxylation sites is 1. The topological polar surface area (TPSA) is 21.8 Å². The highest BCUT2D eigenvalue weighted by molar-refractivity contribution is 5.31. The van der Waals surface area contributed by atoms with Gasteiger partial charge in [0.25, 0.3) is 0 Å². The van der Waals surface area contributed by atoms with Crippen LogP contribution in [0.2, 0.25) is 0 Å². The van der Waals surface area contributed by atoms with Gasteiger partial charge in [0, 0.05) is 0 Å². The zero-order chi connectivity index (χ0) is 16.4. The summed E-state index contributed by atoms with van der Waals surface area (Å²) < 4.78 is 10.6. The molecule has 1 heterocycles. The fourth-order valence-electron chi connectivity index (χ4n) is 1.07. The quantitative estimate of drug-likeness (QED) is 0.647. The second kappa shape index (κ2) is 20.3. The smallest absolute Gasteiger partial charge is 0.122 e. The maximum atomic E-state index is 5.54. The zero-order valence-corrected chi connectivity index (χ0v) is 15.1. The van der Waals surface area contributed by atoms with Gasteiger partial charge in [-0.15, -0.1) is 0 Å². The molecule has 1 aliphatic heterocycles. The number of benzene rings is 1. The molecule has 0 radical (unpaired) electrons. The van der Waals surface area contributed by atoms with Gasteiger partial charge in [0.2, 0.25) is 0 Å². The second-order valence-corrected chi connectivity index (χ2v) is 3.03. The van der Waals surface area contributed by atoms with Crippen molar-refractivity contribution >= 4 is 0 Å². The number of rotatable bonds is 3. The van der Waals surface area contributed by atoms with Crippen molar-refractivity contribution in [1.82, 2.24) is 0 Å². The number of epoxide rings is 1. The second-order valence-electron chi connectivity index (χ2n) is 3.03. The molecule has 0 N–H and O–H groups in total. The summed E-state index contributed by atoms with van der Waals surface area (Å²) in [7, 11) is 0. The normalized spacial score (nSPS) is 13.6. The van der Waals surface area contributed by atoms with Gasteiger partial charge in [-0.25, -0.2) is 0 Å². The van der Waals surface area contributed by atoms with Gasteiger partial charge in [-0.1, -0.05) is 73.6 Å². The maximum Gasteiger partial charge on any atom is 0.122 e. The predicted molar refractivity (Wildman–Crippen MR) is 91.8 cm³/mol. The average Bonchev–Trinajstić information content (AvgIpc) is 3.39. The number of aryl methyl sites for hydroxylation is 1. The van der Waals surface area contributed by atoms with Crippen molar-refractivity contribution in [2.45, 2.75) is 68.4 Å². The number of hydrogen-bond donors (Lipinski definition) is 0. The molecule has 20 heavy (non-hydrogen) atoms. The Morgan fingerprint density at radius 2 is 1.40 bits per heavy atom. The van der Waals surface area contributed by atoms with E-state index in [1.807, 2.05) is 86.6 Å². The third-order valence-electron chi connectivity index (χ3n) is 1.92. The lowest BCUT2D eigenvalue weighted by Gasteiger charge is -2.06. The maximum absolute atomic E-state index is 5.54. The summed E-state index contributed by atoms with van der Waals surface area (Å²) in [5, 5.41) is 0. The zero-order valence-electron chi connectivity index (χ0n) is 15.1. The van der Waals surface area contributed by atoms with Crippen LogP contribution in [0.1, 0.15) is 61.0 Å². The van der Waals surface area contributed by atoms with Crippen LogP contribution in [0, 0.1) is 6.92 Å². The van der Waals surface area contributed by atoms with Crippen LogP contribution in [0.25, 0.3) is 0 Å². The molecule has 1 unspecified atom stereocenters. The molecule has 0 aliphatic carbocycles. The Hall–Kier alpha value is -1.02. The van der Waals surface area contributed by atoms with E-state index in [2.05, 4.69) is 0 Å². The third kappa shape index (κ3) is 13.4. The molecule has 1 atom stereocenters. The highest BCUT2D eigenvalue weighted by Crippen LogP contribution is 2.18. The first-order valence-electron chi connectivity index (χ1n) is 8.16. The summed E-state index contributed by atoms with van der Waals surface area (Å²) >= 11 is 0. The SMILES string of the molecule is CC.CC.CC.CC.Cc1ccccc1OCC1CO1. The molecule has 1 aliphatic rings. The first-order valence-corrected chi connectivity index (χ1v) is 8.16. The highest BCUT2D eigenvalue weighted by atomic mass is 16.6. The predicted octanol–water partition coefficient (Wildman–Crippen LogP) is 5.88. The summed E-state index contributed by atoms with van der Waals surface area (Å²) in [6.45, 7) is 19.6. The van der Waals surface area contributed by atoms with Crippen LogP contribution in [0.3, 0.4) is 0 Å². The monoisotopic (exact) mass is 284 g/mol. The van der Waals surface area contributed by atoms with E-state index in [-0.39, 0.29) is 0 Å². The van der Waals surface area contributed by atoms with E-state index < -0.39 is 0 Å². The van der Waals surface area contributed by atoms with Gasteiger partial charge in [0.1, 0.15) is 18.5 Å². The van der Waals surface area contributed by atoms with Gasteiger partial charge < -0.3 is 9.47 Å². The molecule has 2 nitrogen and oxygen atoms in total. The van der Waals surface area contributed by atoms with E-state index in [0.717, 1.165) is 12.4 Å². The molecule has 0 bridgehead atoms. The van der Waals surface area contributed by atoms with E-state index in [4.69, 9.17) is 9.47 Å². The summed E-state index contributed by atoms with van der Waals surface area (Å²) in [6.07, 6.45) is 0.338. The van der Waals surface area contributed by atoms with Crippen molar-refractivity contribution in [3.05, 3.63) is 29.8 Å². The molecule has 0 amide bonds. The van der Waals surface area contributed by atoms with Gasteiger partial charge in [-0.3, -0.25) is 0 Å². The van der Waals surface area contributed by atoms with Gasteiger partial charge in [-0.05, 0) is 18.6 Å². The summed E-state index contributed by atoms with van der Waals surface area (Å²) in [5.41, 5.74) is 1.18. The van der Waals surface area contributed by atoms with E-state index in [0.29, 0.717) is 12.7 Å². The van der Waals surface area contributed by atoms with Crippen molar-refractivity contribution in [1.29, 1.82) is 0 Å². The summed E-state index contributed by atoms with van der Waals surface area (Å²) in [6, 6.07) is 8.02. The lowest BCUT2D eigenvalue weighted by Crippen LogP contribution is -2.04. The fourth-order valence-corrected chi connectivity index (χ4v) is 1.07. The van der Waals surface area contributed by atoms with Crippen LogP contribution in [-0.2, 0) is 4.74 Å². The molecule has 1 saturated heterocycles. The minimum absolute atomic E-state index is 0.338. The summed E-state index contributed by atoms with van der Waals surface area (Å²) in [4.78, 5) is 0. The van der Waals surface area contributed by atoms with E-state index in [1.165, 1.54) is 5.56 Å². The number of ether oxygens (including phenoxy) is 2. The Morgan fingerprint density at radius 3 is 1.80 bits per heavy atom. The first-order chi connectivity index (χ1) is 9.86. The third-order valence-corrected chi connectivity index (χ3v) is 1.92. The van der Waals surface area contributed by atoms with Crippen molar-refractivity contribution in [2.24, 2.45) is 0 Å². The molecular weight excluding hydrogens is 248 g/mol. The van der Waals surface area contributed by atoms with E-state index in [9.17, 15) is 0 Å². The minimum Gasteiger partial charge on any atom is -0.491 e. The lowest BCUT2D eigenvalue weighted by molar-refractivity contribution is 0.262. The van der Waals surface area contributed by atoms with Crippen molar-refractivity contribution < 1.29 is 9.47 Å². The highest BCUT2D eigenvalue weighted by Gasteiger charge is 2.23. The Bertz CT molecular complexity index is 268. The van der Waals surface area contributed by atoms with Crippen LogP contribution >= 0.6 is 0 Å². The molecule has 1 aromatic rings. The minimum atomic E-state index is 0.338. The first kappa shape index (κ1) is 24.0. The molecule has 1 aromatic carbocycles. The molecule has 2 heteroatoms. The lowest BCUT2D eigenvalue weighted by atomic mass is 10.2. The van der Waals surface area contributed by atoms with Crippen molar-refractivity contribution in [3.63, 3.8) is 0 Å². The van der Waals surface area contributed by atoms with Gasteiger partial charge in [0.05, 0.1) is 6.61 Å². The fraction of sp³-hybridized carbons (Fsp3) is 0.667. The standard InChI is InChI=1S/C10H12O2.4C2H6/c1-8-4-2-3-5-10(8)12-7-9-6-11-9;4*1-2/h2-5,9H,6-7H2,1H3;4*1-2H3. The molecular formula is C18H36O2. The van der Waals surface area contributed by atoms with E-state index >= 15 is 0 Å².